The van der Waals surface area contributed by atoms with Gasteiger partial charge >= 0.3 is 0 Å². The van der Waals surface area contributed by atoms with Crippen LogP contribution in [0.1, 0.15) is 5.56 Å². The monoisotopic (exact) mass is 231 g/mol. The Balaban J connectivity index is 3.13. The van der Waals surface area contributed by atoms with Crippen molar-refractivity contribution in [2.45, 2.75) is 0 Å². The Bertz CT molecular complexity index is 463. The van der Waals surface area contributed by atoms with E-state index in [1.807, 2.05) is 0 Å². The number of benzene rings is 1. The van der Waals surface area contributed by atoms with Crippen molar-refractivity contribution in [3.63, 3.8) is 0 Å². The van der Waals surface area contributed by atoms with E-state index in [2.05, 4.69) is 0 Å². The molecule has 5 heteroatoms. The fourth-order valence-corrected chi connectivity index (χ4v) is 1.62. The molecular weight excluding hydrogens is 224 g/mol. The maximum absolute atomic E-state index is 11.3. The van der Waals surface area contributed by atoms with Gasteiger partial charge in [-0.15, -0.1) is 0 Å². The number of halogens is 1. The fraction of sp³-hybridized carbons (Fsp3) is 0.111. The largest absolute Gasteiger partial charge is 0.872 e. The van der Waals surface area contributed by atoms with Crippen LogP contribution in [0.2, 0.25) is 5.02 Å². The van der Waals surface area contributed by atoms with Gasteiger partial charge < -0.3 is 5.11 Å². The molecule has 0 aromatic heterocycles. The normalized spacial score (nSPS) is 12.9. The zero-order valence-corrected chi connectivity index (χ0v) is 8.97. The van der Waals surface area contributed by atoms with Gasteiger partial charge in [0.1, 0.15) is 0 Å². The molecular formula is C9H8ClO3S-. The molecule has 0 unspecified atom stereocenters. The molecule has 76 valence electrons. The van der Waals surface area contributed by atoms with Crippen LogP contribution in [0.5, 0.6) is 0 Å². The van der Waals surface area contributed by atoms with E-state index in [4.69, 9.17) is 11.6 Å². The molecule has 0 N–H and O–H groups in total. The molecule has 0 aliphatic carbocycles. The molecule has 1 aromatic rings. The molecule has 0 fully saturated rings. The average Bonchev–Trinajstić information content (AvgIpc) is 2.01. The molecule has 0 radical (unpaired) electrons. The van der Waals surface area contributed by atoms with Crippen LogP contribution in [-0.4, -0.2) is 14.7 Å². The summed E-state index contributed by atoms with van der Waals surface area (Å²) in [5.74, 6) is -0.560. The second-order valence-corrected chi connectivity index (χ2v) is 5.15. The number of rotatable bonds is 2. The smallest absolute Gasteiger partial charge is 0.168 e. The van der Waals surface area contributed by atoms with E-state index in [1.165, 1.54) is 12.1 Å². The summed E-state index contributed by atoms with van der Waals surface area (Å²) in [7, 11) is -3.40. The van der Waals surface area contributed by atoms with Crippen molar-refractivity contribution in [1.82, 2.24) is 0 Å². The summed E-state index contributed by atoms with van der Waals surface area (Å²) in [6.45, 7) is 0. The van der Waals surface area contributed by atoms with Gasteiger partial charge in [-0.3, -0.25) is 0 Å². The highest BCUT2D eigenvalue weighted by Crippen LogP contribution is 2.15. The lowest BCUT2D eigenvalue weighted by Gasteiger charge is -2.11. The molecule has 0 aliphatic rings. The highest BCUT2D eigenvalue weighted by Gasteiger charge is 1.97. The van der Waals surface area contributed by atoms with Crippen molar-refractivity contribution in [2.24, 2.45) is 0 Å². The first kappa shape index (κ1) is 11.1. The zero-order chi connectivity index (χ0) is 10.8. The summed E-state index contributed by atoms with van der Waals surface area (Å²) >= 11 is 5.64. The van der Waals surface area contributed by atoms with Crippen LogP contribution < -0.4 is 5.11 Å². The lowest BCUT2D eigenvalue weighted by Crippen LogP contribution is -2.05. The summed E-state index contributed by atoms with van der Waals surface area (Å²) < 4.78 is 21.6. The summed E-state index contributed by atoms with van der Waals surface area (Å²) in [6.07, 6.45) is 0.968. The molecule has 0 bridgehead atoms. The van der Waals surface area contributed by atoms with Crippen molar-refractivity contribution in [3.8, 4) is 0 Å². The average molecular weight is 232 g/mol. The van der Waals surface area contributed by atoms with Gasteiger partial charge in [-0.05, 0) is 17.7 Å². The lowest BCUT2D eigenvalue weighted by molar-refractivity contribution is -0.243. The Morgan fingerprint density at radius 2 is 2.14 bits per heavy atom. The molecule has 1 rings (SSSR count). The van der Waals surface area contributed by atoms with Gasteiger partial charge in [0.05, 0.1) is 0 Å². The third kappa shape index (κ3) is 3.40. The topological polar surface area (TPSA) is 57.2 Å². The van der Waals surface area contributed by atoms with E-state index < -0.39 is 15.6 Å². The number of hydrogen-bond acceptors (Lipinski definition) is 3. The van der Waals surface area contributed by atoms with Gasteiger partial charge in [-0.1, -0.05) is 29.5 Å². The second kappa shape index (κ2) is 4.02. The van der Waals surface area contributed by atoms with Crippen molar-refractivity contribution in [3.05, 3.63) is 40.3 Å². The zero-order valence-electron chi connectivity index (χ0n) is 7.40. The fourth-order valence-electron chi connectivity index (χ4n) is 0.904. The molecule has 0 aliphatic heterocycles. The van der Waals surface area contributed by atoms with Crippen molar-refractivity contribution in [1.29, 1.82) is 0 Å². The van der Waals surface area contributed by atoms with E-state index in [-0.39, 0.29) is 5.56 Å². The quantitative estimate of drug-likeness (QED) is 0.715. The minimum atomic E-state index is -3.40. The minimum absolute atomic E-state index is 0.267. The van der Waals surface area contributed by atoms with Crippen LogP contribution in [0.3, 0.4) is 0 Å². The van der Waals surface area contributed by atoms with Crippen LogP contribution in [0, 0.1) is 0 Å². The van der Waals surface area contributed by atoms with Gasteiger partial charge in [0.25, 0.3) is 0 Å². The Kier molecular flexibility index (Phi) is 3.18. The van der Waals surface area contributed by atoms with E-state index in [9.17, 15) is 13.5 Å². The summed E-state index contributed by atoms with van der Waals surface area (Å²) in [6, 6.07) is 6.13. The third-order valence-corrected chi connectivity index (χ3v) is 2.31. The van der Waals surface area contributed by atoms with Crippen LogP contribution >= 0.6 is 11.6 Å². The van der Waals surface area contributed by atoms with Crippen LogP contribution in [-0.2, 0) is 9.84 Å². The first-order valence-corrected chi connectivity index (χ1v) is 6.06. The first-order valence-electron chi connectivity index (χ1n) is 3.73. The Morgan fingerprint density at radius 1 is 1.50 bits per heavy atom. The molecule has 0 spiro atoms. The highest BCUT2D eigenvalue weighted by atomic mass is 35.5. The van der Waals surface area contributed by atoms with E-state index in [0.29, 0.717) is 10.4 Å². The van der Waals surface area contributed by atoms with Crippen molar-refractivity contribution in [2.75, 3.05) is 6.26 Å². The van der Waals surface area contributed by atoms with E-state index >= 15 is 0 Å². The van der Waals surface area contributed by atoms with Crippen LogP contribution in [0.15, 0.2) is 29.7 Å². The molecule has 0 saturated heterocycles. The molecule has 0 amide bonds. The lowest BCUT2D eigenvalue weighted by atomic mass is 10.2. The van der Waals surface area contributed by atoms with Crippen LogP contribution in [0.25, 0.3) is 5.76 Å². The summed E-state index contributed by atoms with van der Waals surface area (Å²) in [4.78, 5) is 0. The Labute approximate surface area is 87.6 Å². The maximum Gasteiger partial charge on any atom is 0.168 e. The van der Waals surface area contributed by atoms with Gasteiger partial charge in [0, 0.05) is 16.7 Å². The molecule has 1 aromatic carbocycles. The molecule has 0 atom stereocenters. The Hall–Kier alpha value is -1.00. The predicted molar refractivity (Wildman–Crippen MR) is 54.3 cm³/mol. The molecule has 0 saturated carbocycles. The molecule has 3 nitrogen and oxygen atoms in total. The first-order chi connectivity index (χ1) is 6.38. The van der Waals surface area contributed by atoms with Gasteiger partial charge in [0.2, 0.25) is 0 Å². The van der Waals surface area contributed by atoms with Gasteiger partial charge in [0.15, 0.2) is 9.84 Å². The molecule has 0 heterocycles. The minimum Gasteiger partial charge on any atom is -0.872 e. The second-order valence-electron chi connectivity index (χ2n) is 2.82. The van der Waals surface area contributed by atoms with E-state index in [0.717, 1.165) is 6.26 Å². The van der Waals surface area contributed by atoms with Crippen molar-refractivity contribution >= 4 is 27.2 Å². The van der Waals surface area contributed by atoms with Gasteiger partial charge in [-0.2, -0.15) is 0 Å². The SMILES string of the molecule is CS(=O)(=O)/C=C(\[O-])c1cccc(Cl)c1. The standard InChI is InChI=1S/C9H9ClO3S/c1-14(12,13)6-9(11)7-3-2-4-8(10)5-7/h2-6,11H,1H3/p-1/b9-6-. The summed E-state index contributed by atoms with van der Waals surface area (Å²) in [5, 5.41) is 12.4. The predicted octanol–water partition coefficient (Wildman–Crippen LogP) is 1.04. The third-order valence-electron chi connectivity index (χ3n) is 1.43. The van der Waals surface area contributed by atoms with Crippen LogP contribution in [0.4, 0.5) is 0 Å². The molecule has 14 heavy (non-hydrogen) atoms. The number of sulfone groups is 1. The summed E-state index contributed by atoms with van der Waals surface area (Å²) in [5.41, 5.74) is 0.267. The van der Waals surface area contributed by atoms with Gasteiger partial charge in [-0.25, -0.2) is 8.42 Å². The van der Waals surface area contributed by atoms with E-state index in [1.54, 1.807) is 12.1 Å². The van der Waals surface area contributed by atoms with Crippen molar-refractivity contribution < 1.29 is 13.5 Å². The maximum atomic E-state index is 11.3. The number of hydrogen-bond donors (Lipinski definition) is 0. The Morgan fingerprint density at radius 3 is 2.64 bits per heavy atom. The highest BCUT2D eigenvalue weighted by molar-refractivity contribution is 7.93.